The smallest absolute Gasteiger partial charge is 0.223 e. The van der Waals surface area contributed by atoms with Gasteiger partial charge in [-0.25, -0.2) is 0 Å². The van der Waals surface area contributed by atoms with E-state index in [4.69, 9.17) is 0 Å². The zero-order valence-corrected chi connectivity index (χ0v) is 8.80. The molecule has 0 aromatic carbocycles. The maximum Gasteiger partial charge on any atom is 0.223 e. The predicted octanol–water partition coefficient (Wildman–Crippen LogP) is 2.47. The van der Waals surface area contributed by atoms with Crippen molar-refractivity contribution in [2.24, 2.45) is 0 Å². The normalized spacial score (nSPS) is 35.3. The Hall–Kier alpha value is -0.530. The number of rotatable bonds is 0. The number of hydrogen-bond donors (Lipinski definition) is 0. The van der Waals surface area contributed by atoms with E-state index in [9.17, 15) is 4.79 Å². The molecule has 3 aliphatic rings. The van der Waals surface area contributed by atoms with Gasteiger partial charge in [0.25, 0.3) is 0 Å². The van der Waals surface area contributed by atoms with Crippen molar-refractivity contribution in [2.75, 3.05) is 0 Å². The summed E-state index contributed by atoms with van der Waals surface area (Å²) >= 11 is 0. The Bertz CT molecular complexity index is 250. The summed E-state index contributed by atoms with van der Waals surface area (Å²) in [6.07, 6.45) is 11.2. The van der Waals surface area contributed by atoms with Crippen LogP contribution in [-0.2, 0) is 4.79 Å². The molecular formula is C12H19NO. The van der Waals surface area contributed by atoms with E-state index in [0.29, 0.717) is 17.5 Å². The molecule has 14 heavy (non-hydrogen) atoms. The molecule has 1 saturated carbocycles. The molecule has 2 aliphatic heterocycles. The molecule has 0 radical (unpaired) electrons. The lowest BCUT2D eigenvalue weighted by Gasteiger charge is -2.41. The monoisotopic (exact) mass is 193 g/mol. The van der Waals surface area contributed by atoms with Crippen molar-refractivity contribution >= 4 is 5.91 Å². The molecule has 78 valence electrons. The number of fused-ring (bicyclic) bond motifs is 2. The van der Waals surface area contributed by atoms with Crippen LogP contribution in [0.5, 0.6) is 0 Å². The van der Waals surface area contributed by atoms with Gasteiger partial charge in [0, 0.05) is 18.0 Å². The van der Waals surface area contributed by atoms with Crippen LogP contribution in [0.1, 0.15) is 57.8 Å². The Labute approximate surface area is 85.7 Å². The second-order valence-corrected chi connectivity index (χ2v) is 5.28. The van der Waals surface area contributed by atoms with E-state index in [1.807, 2.05) is 0 Å². The molecule has 1 atom stereocenters. The zero-order valence-electron chi connectivity index (χ0n) is 8.80. The average Bonchev–Trinajstić information content (AvgIpc) is 2.73. The maximum atomic E-state index is 11.9. The maximum absolute atomic E-state index is 11.9. The zero-order chi connectivity index (χ0) is 9.60. The molecule has 0 N–H and O–H groups in total. The van der Waals surface area contributed by atoms with Crippen molar-refractivity contribution in [1.29, 1.82) is 0 Å². The van der Waals surface area contributed by atoms with Crippen LogP contribution in [0.15, 0.2) is 0 Å². The highest BCUT2D eigenvalue weighted by Gasteiger charge is 2.51. The summed E-state index contributed by atoms with van der Waals surface area (Å²) in [6, 6.07) is 0.626. The van der Waals surface area contributed by atoms with Gasteiger partial charge in [-0.15, -0.1) is 0 Å². The van der Waals surface area contributed by atoms with Gasteiger partial charge in [-0.2, -0.15) is 0 Å². The molecule has 3 fully saturated rings. The highest BCUT2D eigenvalue weighted by Crippen LogP contribution is 2.48. The van der Waals surface area contributed by atoms with Crippen molar-refractivity contribution in [3.8, 4) is 0 Å². The average molecular weight is 193 g/mol. The Morgan fingerprint density at radius 2 is 1.86 bits per heavy atom. The Morgan fingerprint density at radius 1 is 1.07 bits per heavy atom. The highest BCUT2D eigenvalue weighted by atomic mass is 16.2. The van der Waals surface area contributed by atoms with E-state index < -0.39 is 0 Å². The lowest BCUT2D eigenvalue weighted by atomic mass is 9.79. The molecule has 0 aromatic rings. The topological polar surface area (TPSA) is 20.3 Å². The van der Waals surface area contributed by atoms with Crippen LogP contribution in [0.2, 0.25) is 0 Å². The fourth-order valence-electron chi connectivity index (χ4n) is 3.93. The third kappa shape index (κ3) is 1.06. The number of carbonyl (C=O) groups excluding carboxylic acids is 1. The third-order valence-electron chi connectivity index (χ3n) is 4.56. The molecular weight excluding hydrogens is 174 g/mol. The first-order chi connectivity index (χ1) is 6.82. The van der Waals surface area contributed by atoms with Gasteiger partial charge in [-0.3, -0.25) is 4.79 Å². The second-order valence-electron chi connectivity index (χ2n) is 5.28. The number of hydrogen-bond acceptors (Lipinski definition) is 1. The van der Waals surface area contributed by atoms with E-state index in [1.165, 1.54) is 44.9 Å². The summed E-state index contributed by atoms with van der Waals surface area (Å²) < 4.78 is 0. The van der Waals surface area contributed by atoms with E-state index in [0.717, 1.165) is 12.8 Å². The molecule has 2 nitrogen and oxygen atoms in total. The van der Waals surface area contributed by atoms with Crippen LogP contribution in [0.4, 0.5) is 0 Å². The van der Waals surface area contributed by atoms with Gasteiger partial charge in [0.05, 0.1) is 0 Å². The van der Waals surface area contributed by atoms with Crippen LogP contribution < -0.4 is 0 Å². The summed E-state index contributed by atoms with van der Waals surface area (Å²) in [5.41, 5.74) is 0.330. The molecule has 2 heteroatoms. The predicted molar refractivity (Wildman–Crippen MR) is 54.9 cm³/mol. The standard InChI is InChI=1S/C12H19NO/c14-11-5-4-10-6-9-12(13(10)11)7-2-1-3-8-12/h10H,1-9H2. The first kappa shape index (κ1) is 8.75. The van der Waals surface area contributed by atoms with Crippen molar-refractivity contribution in [1.82, 2.24) is 4.90 Å². The lowest BCUT2D eigenvalue weighted by Crippen LogP contribution is -2.48. The summed E-state index contributed by atoms with van der Waals surface area (Å²) in [7, 11) is 0. The lowest BCUT2D eigenvalue weighted by molar-refractivity contribution is -0.134. The molecule has 1 aliphatic carbocycles. The fraction of sp³-hybridized carbons (Fsp3) is 0.917. The number of carbonyl (C=O) groups is 1. The minimum Gasteiger partial charge on any atom is -0.334 e. The molecule has 1 spiro atoms. The highest BCUT2D eigenvalue weighted by molar-refractivity contribution is 5.80. The van der Waals surface area contributed by atoms with Gasteiger partial charge in [-0.1, -0.05) is 19.3 Å². The van der Waals surface area contributed by atoms with Crippen LogP contribution in [0.25, 0.3) is 0 Å². The minimum absolute atomic E-state index is 0.330. The van der Waals surface area contributed by atoms with Gasteiger partial charge in [0.2, 0.25) is 5.91 Å². The first-order valence-corrected chi connectivity index (χ1v) is 6.14. The molecule has 3 rings (SSSR count). The van der Waals surface area contributed by atoms with Crippen molar-refractivity contribution in [3.05, 3.63) is 0 Å². The first-order valence-electron chi connectivity index (χ1n) is 6.14. The van der Waals surface area contributed by atoms with E-state index in [1.54, 1.807) is 0 Å². The molecule has 0 bridgehead atoms. The third-order valence-corrected chi connectivity index (χ3v) is 4.56. The van der Waals surface area contributed by atoms with Gasteiger partial charge in [0.15, 0.2) is 0 Å². The fourth-order valence-corrected chi connectivity index (χ4v) is 3.93. The summed E-state index contributed by atoms with van der Waals surface area (Å²) in [5.74, 6) is 0.453. The molecule has 1 amide bonds. The number of nitrogens with zero attached hydrogens (tertiary/aromatic N) is 1. The summed E-state index contributed by atoms with van der Waals surface area (Å²) in [6.45, 7) is 0. The minimum atomic E-state index is 0.330. The van der Waals surface area contributed by atoms with Crippen molar-refractivity contribution in [2.45, 2.75) is 69.4 Å². The molecule has 2 heterocycles. The molecule has 2 saturated heterocycles. The van der Waals surface area contributed by atoms with Crippen LogP contribution in [0.3, 0.4) is 0 Å². The summed E-state index contributed by atoms with van der Waals surface area (Å²) in [5, 5.41) is 0. The van der Waals surface area contributed by atoms with Crippen LogP contribution in [0, 0.1) is 0 Å². The number of amides is 1. The van der Waals surface area contributed by atoms with E-state index in [-0.39, 0.29) is 0 Å². The van der Waals surface area contributed by atoms with Crippen molar-refractivity contribution in [3.63, 3.8) is 0 Å². The largest absolute Gasteiger partial charge is 0.334 e. The molecule has 1 unspecified atom stereocenters. The van der Waals surface area contributed by atoms with Crippen LogP contribution >= 0.6 is 0 Å². The Morgan fingerprint density at radius 3 is 2.64 bits per heavy atom. The summed E-state index contributed by atoms with van der Waals surface area (Å²) in [4.78, 5) is 14.2. The van der Waals surface area contributed by atoms with Gasteiger partial charge >= 0.3 is 0 Å². The van der Waals surface area contributed by atoms with Gasteiger partial charge in [-0.05, 0) is 32.1 Å². The molecule has 0 aromatic heterocycles. The van der Waals surface area contributed by atoms with Crippen molar-refractivity contribution < 1.29 is 4.79 Å². The van der Waals surface area contributed by atoms with Crippen LogP contribution in [-0.4, -0.2) is 22.4 Å². The van der Waals surface area contributed by atoms with E-state index in [2.05, 4.69) is 4.90 Å². The van der Waals surface area contributed by atoms with E-state index >= 15 is 0 Å². The Balaban J connectivity index is 1.88. The SMILES string of the molecule is O=C1CCC2CCC3(CCCCC3)N12. The van der Waals surface area contributed by atoms with Gasteiger partial charge < -0.3 is 4.90 Å². The Kier molecular flexibility index (Phi) is 1.86. The van der Waals surface area contributed by atoms with Gasteiger partial charge in [0.1, 0.15) is 0 Å². The second kappa shape index (κ2) is 2.98. The quantitative estimate of drug-likeness (QED) is 0.578.